The molecule has 0 aliphatic heterocycles. The third kappa shape index (κ3) is 3.11. The molecule has 1 aromatic carbocycles. The van der Waals surface area contributed by atoms with Crippen molar-refractivity contribution in [3.63, 3.8) is 0 Å². The molecule has 3 aromatic rings. The fraction of sp³-hybridized carbons (Fsp3) is 0.421. The molecule has 4 rings (SSSR count). The molecule has 0 unspecified atom stereocenters. The normalized spacial score (nSPS) is 15.3. The fourth-order valence-corrected chi connectivity index (χ4v) is 4.52. The first-order valence-electron chi connectivity index (χ1n) is 8.80. The van der Waals surface area contributed by atoms with E-state index in [0.717, 1.165) is 22.5 Å². The maximum Gasteiger partial charge on any atom is 0.300 e. The molecule has 130 valence electrons. The van der Waals surface area contributed by atoms with Crippen molar-refractivity contribution in [2.45, 2.75) is 44.7 Å². The minimum Gasteiger partial charge on any atom is -0.280 e. The maximum absolute atomic E-state index is 12.8. The van der Waals surface area contributed by atoms with E-state index in [9.17, 15) is 4.79 Å². The molecule has 1 fully saturated rings. The lowest BCUT2D eigenvalue weighted by molar-refractivity contribution is 0.622. The van der Waals surface area contributed by atoms with Crippen LogP contribution in [0.25, 0.3) is 11.3 Å². The highest BCUT2D eigenvalue weighted by atomic mass is 32.2. The molecule has 0 atom stereocenters. The van der Waals surface area contributed by atoms with Gasteiger partial charge in [0, 0.05) is 23.8 Å². The van der Waals surface area contributed by atoms with Crippen LogP contribution in [0, 0.1) is 19.8 Å². The van der Waals surface area contributed by atoms with Gasteiger partial charge in [-0.3, -0.25) is 13.8 Å². The standard InChI is InChI=1S/C19H22N4OS/c1-13-7-8-16(11-14(13)2)22-9-10-23-17(18(22)24)20-21-19(23)25-12-15-5-3-4-6-15/h7-11,15H,3-6,12H2,1-2H3. The van der Waals surface area contributed by atoms with Gasteiger partial charge in [-0.1, -0.05) is 30.7 Å². The number of rotatable bonds is 4. The van der Waals surface area contributed by atoms with Gasteiger partial charge in [0.1, 0.15) is 0 Å². The van der Waals surface area contributed by atoms with Crippen LogP contribution in [0.5, 0.6) is 0 Å². The Bertz CT molecular complexity index is 969. The van der Waals surface area contributed by atoms with Gasteiger partial charge in [-0.05, 0) is 55.9 Å². The van der Waals surface area contributed by atoms with Gasteiger partial charge in [0.05, 0.1) is 0 Å². The summed E-state index contributed by atoms with van der Waals surface area (Å²) >= 11 is 1.71. The predicted octanol–water partition coefficient (Wildman–Crippen LogP) is 3.78. The summed E-state index contributed by atoms with van der Waals surface area (Å²) in [4.78, 5) is 12.8. The summed E-state index contributed by atoms with van der Waals surface area (Å²) in [5.74, 6) is 1.83. The molecule has 25 heavy (non-hydrogen) atoms. The molecule has 1 aliphatic rings. The second kappa shape index (κ2) is 6.67. The van der Waals surface area contributed by atoms with E-state index in [1.165, 1.54) is 36.8 Å². The van der Waals surface area contributed by atoms with Crippen LogP contribution in [0.3, 0.4) is 0 Å². The van der Waals surface area contributed by atoms with Gasteiger partial charge >= 0.3 is 5.56 Å². The third-order valence-electron chi connectivity index (χ3n) is 5.13. The van der Waals surface area contributed by atoms with Crippen molar-refractivity contribution in [2.24, 2.45) is 5.92 Å². The Labute approximate surface area is 151 Å². The smallest absolute Gasteiger partial charge is 0.280 e. The molecule has 6 heteroatoms. The first-order valence-corrected chi connectivity index (χ1v) is 9.79. The number of fused-ring (bicyclic) bond motifs is 1. The van der Waals surface area contributed by atoms with Gasteiger partial charge < -0.3 is 0 Å². The molecule has 0 radical (unpaired) electrons. The Morgan fingerprint density at radius 3 is 2.68 bits per heavy atom. The Morgan fingerprint density at radius 1 is 1.12 bits per heavy atom. The quantitative estimate of drug-likeness (QED) is 0.669. The van der Waals surface area contributed by atoms with Gasteiger partial charge in [0.2, 0.25) is 5.65 Å². The lowest BCUT2D eigenvalue weighted by atomic mass is 10.1. The fourth-order valence-electron chi connectivity index (χ4n) is 3.41. The van der Waals surface area contributed by atoms with Crippen LogP contribution in [0.4, 0.5) is 0 Å². The SMILES string of the molecule is Cc1ccc(-n2ccn3c(SCC4CCCC4)nnc3c2=O)cc1C. The average molecular weight is 354 g/mol. The molecule has 1 saturated carbocycles. The third-order valence-corrected chi connectivity index (χ3v) is 6.31. The zero-order chi connectivity index (χ0) is 17.4. The highest BCUT2D eigenvalue weighted by molar-refractivity contribution is 7.99. The molecular weight excluding hydrogens is 332 g/mol. The van der Waals surface area contributed by atoms with Crippen LogP contribution in [0.1, 0.15) is 36.8 Å². The number of aryl methyl sites for hydroxylation is 2. The van der Waals surface area contributed by atoms with Gasteiger partial charge in [0.25, 0.3) is 0 Å². The number of thioether (sulfide) groups is 1. The maximum atomic E-state index is 12.8. The summed E-state index contributed by atoms with van der Waals surface area (Å²) in [5.41, 5.74) is 3.49. The monoisotopic (exact) mass is 354 g/mol. The van der Waals surface area contributed by atoms with E-state index in [4.69, 9.17) is 0 Å². The van der Waals surface area contributed by atoms with Crippen LogP contribution in [-0.2, 0) is 0 Å². The number of aromatic nitrogens is 4. The van der Waals surface area contributed by atoms with E-state index in [-0.39, 0.29) is 5.56 Å². The van der Waals surface area contributed by atoms with Crippen LogP contribution in [0.2, 0.25) is 0 Å². The topological polar surface area (TPSA) is 52.2 Å². The van der Waals surface area contributed by atoms with Gasteiger partial charge in [0.15, 0.2) is 5.16 Å². The minimum absolute atomic E-state index is 0.133. The second-order valence-electron chi connectivity index (χ2n) is 6.88. The highest BCUT2D eigenvalue weighted by Gasteiger charge is 2.18. The number of hydrogen-bond donors (Lipinski definition) is 0. The van der Waals surface area contributed by atoms with E-state index in [2.05, 4.69) is 24.0 Å². The van der Waals surface area contributed by atoms with Crippen molar-refractivity contribution < 1.29 is 0 Å². The molecular formula is C19H22N4OS. The minimum atomic E-state index is -0.133. The Balaban J connectivity index is 1.66. The van der Waals surface area contributed by atoms with Crippen LogP contribution in [-0.4, -0.2) is 24.9 Å². The summed E-state index contributed by atoms with van der Waals surface area (Å²) in [6.07, 6.45) is 9.00. The Hall–Kier alpha value is -2.08. The first kappa shape index (κ1) is 16.4. The van der Waals surface area contributed by atoms with E-state index < -0.39 is 0 Å². The number of hydrogen-bond acceptors (Lipinski definition) is 4. The zero-order valence-electron chi connectivity index (χ0n) is 14.6. The highest BCUT2D eigenvalue weighted by Crippen LogP contribution is 2.30. The second-order valence-corrected chi connectivity index (χ2v) is 7.87. The molecule has 2 heterocycles. The lowest BCUT2D eigenvalue weighted by Gasteiger charge is -2.09. The molecule has 1 aliphatic carbocycles. The zero-order valence-corrected chi connectivity index (χ0v) is 15.4. The Morgan fingerprint density at radius 2 is 1.92 bits per heavy atom. The van der Waals surface area contributed by atoms with Crippen molar-refractivity contribution in [1.82, 2.24) is 19.2 Å². The van der Waals surface area contributed by atoms with Crippen molar-refractivity contribution in [3.8, 4) is 5.69 Å². The van der Waals surface area contributed by atoms with Crippen molar-refractivity contribution in [3.05, 3.63) is 52.1 Å². The first-order chi connectivity index (χ1) is 12.1. The van der Waals surface area contributed by atoms with Gasteiger partial charge in [-0.25, -0.2) is 0 Å². The summed E-state index contributed by atoms with van der Waals surface area (Å²) < 4.78 is 3.46. The van der Waals surface area contributed by atoms with Crippen molar-refractivity contribution in [1.29, 1.82) is 0 Å². The largest absolute Gasteiger partial charge is 0.300 e. The molecule has 2 aromatic heterocycles. The van der Waals surface area contributed by atoms with Crippen LogP contribution in [0.15, 0.2) is 40.5 Å². The van der Waals surface area contributed by atoms with Crippen LogP contribution < -0.4 is 5.56 Å². The van der Waals surface area contributed by atoms with E-state index in [1.54, 1.807) is 16.3 Å². The Kier molecular flexibility index (Phi) is 4.37. The predicted molar refractivity (Wildman–Crippen MR) is 101 cm³/mol. The lowest BCUT2D eigenvalue weighted by Crippen LogP contribution is -2.20. The van der Waals surface area contributed by atoms with Gasteiger partial charge in [-0.2, -0.15) is 0 Å². The molecule has 0 amide bonds. The molecule has 0 spiro atoms. The van der Waals surface area contributed by atoms with Crippen LogP contribution >= 0.6 is 11.8 Å². The summed E-state index contributed by atoms with van der Waals surface area (Å²) in [6.45, 7) is 4.12. The van der Waals surface area contributed by atoms with Crippen molar-refractivity contribution in [2.75, 3.05) is 5.75 Å². The molecule has 0 bridgehead atoms. The van der Waals surface area contributed by atoms with E-state index in [1.807, 2.05) is 35.0 Å². The van der Waals surface area contributed by atoms with Gasteiger partial charge in [-0.15, -0.1) is 10.2 Å². The molecule has 0 N–H and O–H groups in total. The summed E-state index contributed by atoms with van der Waals surface area (Å²) in [7, 11) is 0. The summed E-state index contributed by atoms with van der Waals surface area (Å²) in [6, 6.07) is 6.03. The van der Waals surface area contributed by atoms with Crippen molar-refractivity contribution >= 4 is 17.4 Å². The average Bonchev–Trinajstić information content (AvgIpc) is 3.26. The number of nitrogens with zero attached hydrogens (tertiary/aromatic N) is 4. The molecule has 0 saturated heterocycles. The van der Waals surface area contributed by atoms with E-state index in [0.29, 0.717) is 5.65 Å². The number of benzene rings is 1. The van der Waals surface area contributed by atoms with E-state index >= 15 is 0 Å². The molecule has 5 nitrogen and oxygen atoms in total. The summed E-state index contributed by atoms with van der Waals surface area (Å²) in [5, 5.41) is 9.21.